The molecule has 25 heavy (non-hydrogen) atoms. The van der Waals surface area contributed by atoms with Crippen LogP contribution in [0.4, 0.5) is 11.8 Å². The van der Waals surface area contributed by atoms with E-state index in [4.69, 9.17) is 4.98 Å². The predicted molar refractivity (Wildman–Crippen MR) is 99.9 cm³/mol. The van der Waals surface area contributed by atoms with E-state index in [1.54, 1.807) is 0 Å². The van der Waals surface area contributed by atoms with Gasteiger partial charge in [-0.2, -0.15) is 4.98 Å². The van der Waals surface area contributed by atoms with Gasteiger partial charge in [0.05, 0.1) is 0 Å². The molecule has 6 nitrogen and oxygen atoms in total. The quantitative estimate of drug-likeness (QED) is 0.851. The van der Waals surface area contributed by atoms with E-state index in [0.29, 0.717) is 0 Å². The van der Waals surface area contributed by atoms with Gasteiger partial charge in [-0.15, -0.1) is 0 Å². The summed E-state index contributed by atoms with van der Waals surface area (Å²) in [6.45, 7) is 9.39. The molecule has 2 aromatic heterocycles. The number of aromatic nitrogens is 3. The molecule has 0 aliphatic carbocycles. The number of hydrogen-bond donors (Lipinski definition) is 0. The maximum absolute atomic E-state index is 4.86. The Morgan fingerprint density at radius 2 is 1.60 bits per heavy atom. The Bertz CT molecular complexity index is 690. The van der Waals surface area contributed by atoms with E-state index in [1.807, 2.05) is 12.4 Å². The minimum Gasteiger partial charge on any atom is -0.354 e. The summed E-state index contributed by atoms with van der Waals surface area (Å²) in [5, 5.41) is 0. The zero-order valence-corrected chi connectivity index (χ0v) is 14.9. The summed E-state index contributed by atoms with van der Waals surface area (Å²) < 4.78 is 0. The van der Waals surface area contributed by atoms with E-state index in [-0.39, 0.29) is 0 Å². The summed E-state index contributed by atoms with van der Waals surface area (Å²) in [4.78, 5) is 20.8. The van der Waals surface area contributed by atoms with Gasteiger partial charge in [0, 0.05) is 70.0 Å². The maximum Gasteiger partial charge on any atom is 0.227 e. The zero-order valence-electron chi connectivity index (χ0n) is 14.9. The molecule has 2 fully saturated rings. The number of anilines is 2. The molecule has 0 saturated carbocycles. The molecule has 0 aromatic carbocycles. The van der Waals surface area contributed by atoms with Gasteiger partial charge in [0.1, 0.15) is 5.82 Å². The Morgan fingerprint density at radius 1 is 0.880 bits per heavy atom. The van der Waals surface area contributed by atoms with Gasteiger partial charge in [0.15, 0.2) is 0 Å². The molecular formula is C19H26N6. The van der Waals surface area contributed by atoms with Crippen LogP contribution in [0.2, 0.25) is 0 Å². The van der Waals surface area contributed by atoms with Gasteiger partial charge in [-0.05, 0) is 37.5 Å². The lowest BCUT2D eigenvalue weighted by atomic mass is 10.2. The molecule has 0 bridgehead atoms. The SMILES string of the molecule is Cc1cc(N2CCN(Cc3ccncc3)CC2)nc(N2CCCC2)n1. The first-order valence-electron chi connectivity index (χ1n) is 9.25. The summed E-state index contributed by atoms with van der Waals surface area (Å²) in [5.41, 5.74) is 2.39. The van der Waals surface area contributed by atoms with Gasteiger partial charge in [0.2, 0.25) is 5.95 Å². The molecule has 2 saturated heterocycles. The molecule has 6 heteroatoms. The highest BCUT2D eigenvalue weighted by atomic mass is 15.3. The molecule has 132 valence electrons. The van der Waals surface area contributed by atoms with Gasteiger partial charge < -0.3 is 9.80 Å². The van der Waals surface area contributed by atoms with Crippen LogP contribution in [0.5, 0.6) is 0 Å². The number of piperazine rings is 1. The van der Waals surface area contributed by atoms with Crippen molar-refractivity contribution in [1.29, 1.82) is 0 Å². The van der Waals surface area contributed by atoms with Crippen molar-refractivity contribution >= 4 is 11.8 Å². The Morgan fingerprint density at radius 3 is 2.32 bits per heavy atom. The fourth-order valence-corrected chi connectivity index (χ4v) is 3.64. The van der Waals surface area contributed by atoms with Crippen LogP contribution in [0.15, 0.2) is 30.6 Å². The normalized spacial score (nSPS) is 18.8. The number of rotatable bonds is 4. The second-order valence-electron chi connectivity index (χ2n) is 6.98. The van der Waals surface area contributed by atoms with Crippen molar-refractivity contribution in [3.8, 4) is 0 Å². The second kappa shape index (κ2) is 7.35. The van der Waals surface area contributed by atoms with Crippen molar-refractivity contribution in [3.05, 3.63) is 41.9 Å². The minimum absolute atomic E-state index is 0.909. The molecule has 0 atom stereocenters. The van der Waals surface area contributed by atoms with Crippen molar-refractivity contribution in [2.24, 2.45) is 0 Å². The molecule has 4 heterocycles. The third-order valence-corrected chi connectivity index (χ3v) is 5.07. The second-order valence-corrected chi connectivity index (χ2v) is 6.98. The molecule has 4 rings (SSSR count). The van der Waals surface area contributed by atoms with E-state index in [1.165, 1.54) is 18.4 Å². The molecule has 2 aromatic rings. The van der Waals surface area contributed by atoms with Gasteiger partial charge in [-0.1, -0.05) is 0 Å². The Hall–Kier alpha value is -2.21. The average molecular weight is 338 g/mol. The summed E-state index contributed by atoms with van der Waals surface area (Å²) in [7, 11) is 0. The van der Waals surface area contributed by atoms with Crippen LogP contribution < -0.4 is 9.80 Å². The van der Waals surface area contributed by atoms with Crippen LogP contribution in [-0.2, 0) is 6.54 Å². The highest BCUT2D eigenvalue weighted by Crippen LogP contribution is 2.22. The molecule has 0 radical (unpaired) electrons. The summed E-state index contributed by atoms with van der Waals surface area (Å²) in [6, 6.07) is 6.32. The summed E-state index contributed by atoms with van der Waals surface area (Å²) in [6.07, 6.45) is 6.24. The Kier molecular flexibility index (Phi) is 4.78. The standard InChI is InChI=1S/C19H26N6/c1-16-14-18(22-19(21-16)25-8-2-3-9-25)24-12-10-23(11-13-24)15-17-4-6-20-7-5-17/h4-7,14H,2-3,8-13,15H2,1H3. The van der Waals surface area contributed by atoms with Crippen LogP contribution >= 0.6 is 0 Å². The summed E-state index contributed by atoms with van der Waals surface area (Å²) in [5.74, 6) is 1.99. The van der Waals surface area contributed by atoms with Crippen LogP contribution in [0.25, 0.3) is 0 Å². The van der Waals surface area contributed by atoms with Crippen molar-refractivity contribution in [2.75, 3.05) is 49.1 Å². The third kappa shape index (κ3) is 3.90. The van der Waals surface area contributed by atoms with Gasteiger partial charge in [-0.25, -0.2) is 4.98 Å². The van der Waals surface area contributed by atoms with Crippen LogP contribution in [0, 0.1) is 6.92 Å². The van der Waals surface area contributed by atoms with Crippen molar-refractivity contribution in [2.45, 2.75) is 26.3 Å². The van der Waals surface area contributed by atoms with Gasteiger partial charge >= 0.3 is 0 Å². The highest BCUT2D eigenvalue weighted by molar-refractivity contribution is 5.46. The Balaban J connectivity index is 1.40. The van der Waals surface area contributed by atoms with Crippen molar-refractivity contribution in [1.82, 2.24) is 19.9 Å². The monoisotopic (exact) mass is 338 g/mol. The molecule has 0 spiro atoms. The number of hydrogen-bond acceptors (Lipinski definition) is 6. The van der Waals surface area contributed by atoms with Crippen LogP contribution in [0.3, 0.4) is 0 Å². The van der Waals surface area contributed by atoms with E-state index in [9.17, 15) is 0 Å². The van der Waals surface area contributed by atoms with E-state index >= 15 is 0 Å². The first-order chi connectivity index (χ1) is 12.3. The first kappa shape index (κ1) is 16.3. The summed E-state index contributed by atoms with van der Waals surface area (Å²) >= 11 is 0. The lowest BCUT2D eigenvalue weighted by Crippen LogP contribution is -2.46. The van der Waals surface area contributed by atoms with Gasteiger partial charge in [-0.3, -0.25) is 9.88 Å². The zero-order chi connectivity index (χ0) is 17.1. The lowest BCUT2D eigenvalue weighted by molar-refractivity contribution is 0.249. The van der Waals surface area contributed by atoms with E-state index < -0.39 is 0 Å². The van der Waals surface area contributed by atoms with Gasteiger partial charge in [0.25, 0.3) is 0 Å². The molecule has 2 aliphatic rings. The number of aryl methyl sites for hydroxylation is 1. The van der Waals surface area contributed by atoms with E-state index in [0.717, 1.165) is 63.3 Å². The lowest BCUT2D eigenvalue weighted by Gasteiger charge is -2.35. The van der Waals surface area contributed by atoms with Crippen LogP contribution in [0.1, 0.15) is 24.1 Å². The molecule has 2 aliphatic heterocycles. The molecule has 0 N–H and O–H groups in total. The predicted octanol–water partition coefficient (Wildman–Crippen LogP) is 2.10. The minimum atomic E-state index is 0.909. The average Bonchev–Trinajstić information content (AvgIpc) is 3.17. The topological polar surface area (TPSA) is 48.4 Å². The van der Waals surface area contributed by atoms with E-state index in [2.05, 4.69) is 49.8 Å². The van der Waals surface area contributed by atoms with Crippen molar-refractivity contribution in [3.63, 3.8) is 0 Å². The largest absolute Gasteiger partial charge is 0.354 e. The molecular weight excluding hydrogens is 312 g/mol. The number of nitrogens with zero attached hydrogens (tertiary/aromatic N) is 6. The number of pyridine rings is 1. The third-order valence-electron chi connectivity index (χ3n) is 5.07. The maximum atomic E-state index is 4.86. The van der Waals surface area contributed by atoms with Crippen LogP contribution in [-0.4, -0.2) is 59.1 Å². The fourth-order valence-electron chi connectivity index (χ4n) is 3.64. The molecule has 0 unspecified atom stereocenters. The highest BCUT2D eigenvalue weighted by Gasteiger charge is 2.21. The fraction of sp³-hybridized carbons (Fsp3) is 0.526. The molecule has 0 amide bonds. The van der Waals surface area contributed by atoms with Crippen molar-refractivity contribution < 1.29 is 0 Å². The smallest absolute Gasteiger partial charge is 0.227 e. The Labute approximate surface area is 149 Å². The first-order valence-corrected chi connectivity index (χ1v) is 9.25.